The average molecular weight is 418 g/mol. The fourth-order valence-corrected chi connectivity index (χ4v) is 3.52. The molecule has 0 fully saturated rings. The molecule has 0 atom stereocenters. The molecule has 0 unspecified atom stereocenters. The van der Waals surface area contributed by atoms with Gasteiger partial charge in [-0.05, 0) is 48.4 Å². The molecule has 30 heavy (non-hydrogen) atoms. The molecule has 6 heteroatoms. The molecule has 5 nitrogen and oxygen atoms in total. The van der Waals surface area contributed by atoms with E-state index in [9.17, 15) is 9.90 Å². The van der Waals surface area contributed by atoms with Crippen molar-refractivity contribution in [3.63, 3.8) is 0 Å². The molecule has 150 valence electrons. The second-order valence-corrected chi connectivity index (χ2v) is 7.42. The first-order chi connectivity index (χ1) is 14.5. The number of amides is 1. The number of hydrogen-bond donors (Lipinski definition) is 2. The number of aromatic hydroxyl groups is 1. The molecule has 0 bridgehead atoms. The number of hydrogen-bond acceptors (Lipinski definition) is 3. The van der Waals surface area contributed by atoms with Crippen LogP contribution < -0.4 is 5.43 Å². The Morgan fingerprint density at radius 1 is 1.13 bits per heavy atom. The van der Waals surface area contributed by atoms with Crippen molar-refractivity contribution in [3.8, 4) is 5.75 Å². The first-order valence-electron chi connectivity index (χ1n) is 9.47. The highest BCUT2D eigenvalue weighted by Crippen LogP contribution is 2.24. The molecule has 4 rings (SSSR count). The van der Waals surface area contributed by atoms with Crippen molar-refractivity contribution in [2.75, 3.05) is 0 Å². The predicted octanol–water partition coefficient (Wildman–Crippen LogP) is 5.12. The van der Waals surface area contributed by atoms with Gasteiger partial charge in [0.15, 0.2) is 0 Å². The molecule has 0 saturated carbocycles. The van der Waals surface area contributed by atoms with E-state index < -0.39 is 5.91 Å². The number of nitrogens with zero attached hydrogens (tertiary/aromatic N) is 2. The topological polar surface area (TPSA) is 66.6 Å². The van der Waals surface area contributed by atoms with E-state index in [0.29, 0.717) is 5.56 Å². The molecular weight excluding hydrogens is 398 g/mol. The van der Waals surface area contributed by atoms with Gasteiger partial charge in [-0.1, -0.05) is 48.0 Å². The Labute approximate surface area is 179 Å². The first-order valence-corrected chi connectivity index (χ1v) is 9.85. The van der Waals surface area contributed by atoms with Crippen LogP contribution in [-0.4, -0.2) is 21.8 Å². The van der Waals surface area contributed by atoms with E-state index in [1.165, 1.54) is 29.3 Å². The maximum Gasteiger partial charge on any atom is 0.271 e. The molecule has 1 aromatic heterocycles. The molecular formula is C24H20ClN3O2. The van der Waals surface area contributed by atoms with Gasteiger partial charge in [0.25, 0.3) is 5.91 Å². The van der Waals surface area contributed by atoms with Gasteiger partial charge in [-0.25, -0.2) is 5.43 Å². The van der Waals surface area contributed by atoms with Gasteiger partial charge < -0.3 is 9.67 Å². The number of fused-ring (bicyclic) bond motifs is 1. The lowest BCUT2D eigenvalue weighted by Gasteiger charge is -2.09. The Kier molecular flexibility index (Phi) is 5.55. The second-order valence-electron chi connectivity index (χ2n) is 7.02. The number of phenols is 1. The predicted molar refractivity (Wildman–Crippen MR) is 120 cm³/mol. The van der Waals surface area contributed by atoms with Crippen LogP contribution in [0.15, 0.2) is 78.0 Å². The van der Waals surface area contributed by atoms with Crippen molar-refractivity contribution in [1.82, 2.24) is 9.99 Å². The van der Waals surface area contributed by atoms with Crippen molar-refractivity contribution in [1.29, 1.82) is 0 Å². The van der Waals surface area contributed by atoms with Gasteiger partial charge in [0, 0.05) is 34.8 Å². The van der Waals surface area contributed by atoms with Crippen LogP contribution in [0.2, 0.25) is 5.02 Å². The van der Waals surface area contributed by atoms with Crippen LogP contribution in [0.5, 0.6) is 5.75 Å². The summed E-state index contributed by atoms with van der Waals surface area (Å²) in [6.07, 6.45) is 3.69. The molecule has 3 aromatic carbocycles. The van der Waals surface area contributed by atoms with Gasteiger partial charge in [-0.3, -0.25) is 4.79 Å². The minimum atomic E-state index is -0.405. The summed E-state index contributed by atoms with van der Waals surface area (Å²) in [4.78, 5) is 12.2. The van der Waals surface area contributed by atoms with E-state index in [-0.39, 0.29) is 10.8 Å². The Bertz CT molecular complexity index is 1260. The number of aryl methyl sites for hydroxylation is 1. The largest absolute Gasteiger partial charge is 0.506 e. The number of benzene rings is 3. The van der Waals surface area contributed by atoms with Gasteiger partial charge in [-0.15, -0.1) is 0 Å². The maximum absolute atomic E-state index is 12.2. The highest BCUT2D eigenvalue weighted by molar-refractivity contribution is 6.32. The van der Waals surface area contributed by atoms with E-state index in [0.717, 1.165) is 23.0 Å². The summed E-state index contributed by atoms with van der Waals surface area (Å²) in [5.74, 6) is -0.476. The number of nitrogens with one attached hydrogen (secondary N) is 1. The van der Waals surface area contributed by atoms with Gasteiger partial charge in [-0.2, -0.15) is 5.10 Å². The minimum Gasteiger partial charge on any atom is -0.506 e. The molecule has 0 spiro atoms. The highest BCUT2D eigenvalue weighted by Gasteiger charge is 2.08. The summed E-state index contributed by atoms with van der Waals surface area (Å²) in [7, 11) is 0. The number of aromatic nitrogens is 1. The quantitative estimate of drug-likeness (QED) is 0.349. The Morgan fingerprint density at radius 3 is 2.77 bits per heavy atom. The number of carbonyl (C=O) groups is 1. The Hall–Kier alpha value is -3.57. The molecule has 0 saturated heterocycles. The van der Waals surface area contributed by atoms with E-state index >= 15 is 0 Å². The number of rotatable bonds is 5. The number of hydrazone groups is 1. The van der Waals surface area contributed by atoms with Crippen molar-refractivity contribution in [2.24, 2.45) is 5.10 Å². The fraction of sp³-hybridized carbons (Fsp3) is 0.0833. The molecule has 0 radical (unpaired) electrons. The highest BCUT2D eigenvalue weighted by atomic mass is 35.5. The molecule has 0 aliphatic rings. The number of halogens is 1. The SMILES string of the molecule is Cc1ccccc1Cn1ccc2c(/C=N/NC(=O)c3ccc(O)c(Cl)c3)cccc21. The van der Waals surface area contributed by atoms with Crippen LogP contribution in [0.25, 0.3) is 10.9 Å². The van der Waals surface area contributed by atoms with Crippen LogP contribution in [0.1, 0.15) is 27.0 Å². The van der Waals surface area contributed by atoms with E-state index in [1.807, 2.05) is 18.2 Å². The molecule has 0 aliphatic heterocycles. The standard InChI is InChI=1S/C24H20ClN3O2/c1-16-5-2-3-6-19(16)15-28-12-11-20-18(7-4-8-22(20)28)14-26-27-24(30)17-9-10-23(29)21(25)13-17/h2-14,29H,15H2,1H3,(H,27,30)/b26-14+. The molecule has 1 heterocycles. The summed E-state index contributed by atoms with van der Waals surface area (Å²) in [6.45, 7) is 2.90. The van der Waals surface area contributed by atoms with Crippen LogP contribution in [0, 0.1) is 6.92 Å². The number of carbonyl (C=O) groups excluding carboxylic acids is 1. The van der Waals surface area contributed by atoms with Crippen molar-refractivity contribution in [3.05, 3.63) is 100 Å². The Balaban J connectivity index is 1.53. The molecule has 4 aromatic rings. The normalized spacial score (nSPS) is 11.3. The summed E-state index contributed by atoms with van der Waals surface area (Å²) >= 11 is 5.85. The van der Waals surface area contributed by atoms with E-state index in [2.05, 4.69) is 58.5 Å². The zero-order valence-electron chi connectivity index (χ0n) is 16.3. The van der Waals surface area contributed by atoms with Crippen LogP contribution >= 0.6 is 11.6 Å². The fourth-order valence-electron chi connectivity index (χ4n) is 3.34. The maximum atomic E-state index is 12.2. The lowest BCUT2D eigenvalue weighted by Crippen LogP contribution is -2.17. The van der Waals surface area contributed by atoms with E-state index in [1.54, 1.807) is 6.21 Å². The minimum absolute atomic E-state index is 0.0707. The average Bonchev–Trinajstić information content (AvgIpc) is 3.15. The lowest BCUT2D eigenvalue weighted by atomic mass is 10.1. The summed E-state index contributed by atoms with van der Waals surface area (Å²) in [5.41, 5.74) is 7.34. The smallest absolute Gasteiger partial charge is 0.271 e. The monoisotopic (exact) mass is 417 g/mol. The van der Waals surface area contributed by atoms with Crippen molar-refractivity contribution < 1.29 is 9.90 Å². The molecule has 0 aliphatic carbocycles. The van der Waals surface area contributed by atoms with Crippen LogP contribution in [0.3, 0.4) is 0 Å². The van der Waals surface area contributed by atoms with Crippen LogP contribution in [0.4, 0.5) is 0 Å². The van der Waals surface area contributed by atoms with E-state index in [4.69, 9.17) is 11.6 Å². The third kappa shape index (κ3) is 4.07. The zero-order chi connectivity index (χ0) is 21.1. The second kappa shape index (κ2) is 8.43. The Morgan fingerprint density at radius 2 is 1.97 bits per heavy atom. The lowest BCUT2D eigenvalue weighted by molar-refractivity contribution is 0.0955. The zero-order valence-corrected chi connectivity index (χ0v) is 17.1. The van der Waals surface area contributed by atoms with Crippen LogP contribution in [-0.2, 0) is 6.54 Å². The summed E-state index contributed by atoms with van der Waals surface area (Å²) in [5, 5.41) is 14.7. The van der Waals surface area contributed by atoms with Gasteiger partial charge in [0.1, 0.15) is 5.75 Å². The molecule has 2 N–H and O–H groups in total. The third-order valence-electron chi connectivity index (χ3n) is 5.03. The van der Waals surface area contributed by atoms with Crippen molar-refractivity contribution in [2.45, 2.75) is 13.5 Å². The van der Waals surface area contributed by atoms with Crippen molar-refractivity contribution >= 4 is 34.6 Å². The van der Waals surface area contributed by atoms with Gasteiger partial charge >= 0.3 is 0 Å². The van der Waals surface area contributed by atoms with Gasteiger partial charge in [0.2, 0.25) is 0 Å². The summed E-state index contributed by atoms with van der Waals surface area (Å²) < 4.78 is 2.20. The number of phenolic OH excluding ortho intramolecular Hbond substituents is 1. The summed E-state index contributed by atoms with van der Waals surface area (Å²) in [6, 6.07) is 20.6. The van der Waals surface area contributed by atoms with Gasteiger partial charge in [0.05, 0.1) is 11.2 Å². The molecule has 1 amide bonds. The third-order valence-corrected chi connectivity index (χ3v) is 5.33. The first kappa shape index (κ1) is 19.7.